The second-order valence-corrected chi connectivity index (χ2v) is 11.0. The summed E-state index contributed by atoms with van der Waals surface area (Å²) in [6.45, 7) is 5.98. The molecule has 35 heavy (non-hydrogen) atoms. The predicted molar refractivity (Wildman–Crippen MR) is 138 cm³/mol. The number of carbonyl (C=O) groups is 1. The summed E-state index contributed by atoms with van der Waals surface area (Å²) in [6.07, 6.45) is 12.0. The van der Waals surface area contributed by atoms with Crippen LogP contribution in [0.25, 0.3) is 5.13 Å². The lowest BCUT2D eigenvalue weighted by Crippen LogP contribution is -2.46. The fourth-order valence-electron chi connectivity index (χ4n) is 5.18. The second-order valence-electron chi connectivity index (χ2n) is 10.1. The molecule has 2 unspecified atom stereocenters. The molecule has 4 heterocycles. The standard InChI is InChI=1S/C26H35N7OS/c1-18-7-8-21(27-17-18)9-10-22-11-14-28-33(22)26-31-30-25(35-26)32-15-12-20(13-16-32)24(34)29-23-6-4-3-5-19(23)2/h7-8,11,14,17,19-20,23H,3-6,9-10,12-13,15-16H2,1-2H3,(H,29,34). The minimum Gasteiger partial charge on any atom is -0.353 e. The number of aryl methyl sites for hydroxylation is 3. The summed E-state index contributed by atoms with van der Waals surface area (Å²) in [5, 5.41) is 18.4. The largest absolute Gasteiger partial charge is 0.353 e. The van der Waals surface area contributed by atoms with Crippen molar-refractivity contribution in [1.29, 1.82) is 0 Å². The number of aromatic nitrogens is 5. The first-order chi connectivity index (χ1) is 17.1. The molecule has 186 valence electrons. The van der Waals surface area contributed by atoms with Crippen LogP contribution in [0.5, 0.6) is 0 Å². The van der Waals surface area contributed by atoms with Gasteiger partial charge in [0.15, 0.2) is 0 Å². The van der Waals surface area contributed by atoms with E-state index in [4.69, 9.17) is 0 Å². The first-order valence-electron chi connectivity index (χ1n) is 12.9. The van der Waals surface area contributed by atoms with E-state index < -0.39 is 0 Å². The summed E-state index contributed by atoms with van der Waals surface area (Å²) in [7, 11) is 0. The van der Waals surface area contributed by atoms with Gasteiger partial charge in [0.1, 0.15) is 0 Å². The van der Waals surface area contributed by atoms with Crippen LogP contribution in [-0.4, -0.2) is 50.0 Å². The molecule has 1 amide bonds. The Bertz CT molecular complexity index is 1120. The number of carbonyl (C=O) groups excluding carboxylic acids is 1. The van der Waals surface area contributed by atoms with Crippen molar-refractivity contribution >= 4 is 22.4 Å². The molecule has 0 bridgehead atoms. The Morgan fingerprint density at radius 2 is 1.86 bits per heavy atom. The van der Waals surface area contributed by atoms with Gasteiger partial charge in [0.05, 0.1) is 0 Å². The van der Waals surface area contributed by atoms with E-state index in [0.29, 0.717) is 12.0 Å². The van der Waals surface area contributed by atoms with Gasteiger partial charge in [0.2, 0.25) is 16.2 Å². The highest BCUT2D eigenvalue weighted by Gasteiger charge is 2.30. The van der Waals surface area contributed by atoms with Crippen molar-refractivity contribution in [3.63, 3.8) is 0 Å². The molecule has 2 aliphatic rings. The van der Waals surface area contributed by atoms with Gasteiger partial charge in [-0.3, -0.25) is 9.78 Å². The van der Waals surface area contributed by atoms with E-state index in [1.165, 1.54) is 24.8 Å². The highest BCUT2D eigenvalue weighted by atomic mass is 32.1. The van der Waals surface area contributed by atoms with Gasteiger partial charge in [-0.2, -0.15) is 5.10 Å². The third kappa shape index (κ3) is 5.72. The number of nitrogens with zero attached hydrogens (tertiary/aromatic N) is 6. The minimum atomic E-state index is 0.0980. The predicted octanol–water partition coefficient (Wildman–Crippen LogP) is 4.12. The fraction of sp³-hybridized carbons (Fsp3) is 0.577. The lowest BCUT2D eigenvalue weighted by Gasteiger charge is -2.34. The number of piperidine rings is 1. The smallest absolute Gasteiger partial charge is 0.234 e. The van der Waals surface area contributed by atoms with Crippen LogP contribution in [0.2, 0.25) is 0 Å². The van der Waals surface area contributed by atoms with E-state index in [9.17, 15) is 4.79 Å². The molecule has 3 aromatic heterocycles. The van der Waals surface area contributed by atoms with Gasteiger partial charge in [-0.05, 0) is 69.1 Å². The molecule has 1 aliphatic heterocycles. The molecule has 0 spiro atoms. The lowest BCUT2D eigenvalue weighted by molar-refractivity contribution is -0.126. The minimum absolute atomic E-state index is 0.0980. The topological polar surface area (TPSA) is 88.8 Å². The molecular weight excluding hydrogens is 458 g/mol. The summed E-state index contributed by atoms with van der Waals surface area (Å²) in [4.78, 5) is 19.6. The van der Waals surface area contributed by atoms with Crippen LogP contribution in [0.3, 0.4) is 0 Å². The molecule has 1 aliphatic carbocycles. The number of rotatable bonds is 7. The summed E-state index contributed by atoms with van der Waals surface area (Å²) >= 11 is 1.56. The number of amides is 1. The quantitative estimate of drug-likeness (QED) is 0.533. The van der Waals surface area contributed by atoms with E-state index in [0.717, 1.165) is 66.8 Å². The Hall–Kier alpha value is -2.81. The average molecular weight is 494 g/mol. The maximum Gasteiger partial charge on any atom is 0.234 e. The van der Waals surface area contributed by atoms with Gasteiger partial charge in [-0.15, -0.1) is 10.2 Å². The normalized spacial score (nSPS) is 21.3. The van der Waals surface area contributed by atoms with Crippen molar-refractivity contribution in [1.82, 2.24) is 30.3 Å². The van der Waals surface area contributed by atoms with Crippen LogP contribution in [0, 0.1) is 18.8 Å². The van der Waals surface area contributed by atoms with Gasteiger partial charge >= 0.3 is 0 Å². The van der Waals surface area contributed by atoms with Gasteiger partial charge in [-0.25, -0.2) is 4.68 Å². The van der Waals surface area contributed by atoms with Crippen molar-refractivity contribution in [2.45, 2.75) is 71.3 Å². The lowest BCUT2D eigenvalue weighted by atomic mass is 9.85. The van der Waals surface area contributed by atoms with Crippen LogP contribution in [0.15, 0.2) is 30.6 Å². The molecule has 0 radical (unpaired) electrons. The van der Waals surface area contributed by atoms with Crippen LogP contribution in [-0.2, 0) is 17.6 Å². The van der Waals surface area contributed by atoms with E-state index in [-0.39, 0.29) is 11.8 Å². The van der Waals surface area contributed by atoms with Gasteiger partial charge in [-0.1, -0.05) is 37.2 Å². The van der Waals surface area contributed by atoms with Crippen LogP contribution < -0.4 is 10.2 Å². The Kier molecular flexibility index (Phi) is 7.41. The van der Waals surface area contributed by atoms with Crippen LogP contribution in [0.1, 0.15) is 62.4 Å². The summed E-state index contributed by atoms with van der Waals surface area (Å²) in [5.41, 5.74) is 3.34. The summed E-state index contributed by atoms with van der Waals surface area (Å²) < 4.78 is 1.89. The molecule has 1 saturated carbocycles. The van der Waals surface area contributed by atoms with Gasteiger partial charge in [0, 0.05) is 48.8 Å². The van der Waals surface area contributed by atoms with Gasteiger partial charge in [0.25, 0.3) is 0 Å². The first-order valence-corrected chi connectivity index (χ1v) is 13.7. The van der Waals surface area contributed by atoms with Crippen molar-refractivity contribution in [2.75, 3.05) is 18.0 Å². The summed E-state index contributed by atoms with van der Waals surface area (Å²) in [6, 6.07) is 6.57. The molecule has 1 saturated heterocycles. The fourth-order valence-corrected chi connectivity index (χ4v) is 6.07. The summed E-state index contributed by atoms with van der Waals surface area (Å²) in [5.74, 6) is 0.930. The number of pyridine rings is 1. The molecule has 2 fully saturated rings. The van der Waals surface area contributed by atoms with E-state index in [1.807, 2.05) is 30.1 Å². The Morgan fingerprint density at radius 3 is 2.63 bits per heavy atom. The number of anilines is 1. The maximum absolute atomic E-state index is 12.9. The van der Waals surface area contributed by atoms with Gasteiger partial charge < -0.3 is 10.2 Å². The zero-order chi connectivity index (χ0) is 24.2. The van der Waals surface area contributed by atoms with E-state index >= 15 is 0 Å². The Balaban J connectivity index is 1.15. The van der Waals surface area contributed by atoms with Crippen molar-refractivity contribution in [3.05, 3.63) is 47.5 Å². The molecule has 5 rings (SSSR count). The van der Waals surface area contributed by atoms with E-state index in [1.54, 1.807) is 11.3 Å². The molecule has 2 atom stereocenters. The molecule has 8 nitrogen and oxygen atoms in total. The SMILES string of the molecule is Cc1ccc(CCc2ccnn2-c2nnc(N3CCC(C(=O)NC4CCCCC4C)CC3)s2)nc1. The molecule has 9 heteroatoms. The zero-order valence-corrected chi connectivity index (χ0v) is 21.5. The maximum atomic E-state index is 12.9. The first kappa shape index (κ1) is 23.9. The Morgan fingerprint density at radius 1 is 1.06 bits per heavy atom. The third-order valence-electron chi connectivity index (χ3n) is 7.49. The average Bonchev–Trinajstić information content (AvgIpc) is 3.55. The highest BCUT2D eigenvalue weighted by molar-refractivity contribution is 7.17. The van der Waals surface area contributed by atoms with E-state index in [2.05, 4.69) is 49.6 Å². The van der Waals surface area contributed by atoms with Crippen LogP contribution in [0.4, 0.5) is 5.13 Å². The van der Waals surface area contributed by atoms with Crippen molar-refractivity contribution in [2.24, 2.45) is 11.8 Å². The number of hydrogen-bond donors (Lipinski definition) is 1. The molecular formula is C26H35N7OS. The van der Waals surface area contributed by atoms with Crippen LogP contribution >= 0.6 is 11.3 Å². The number of nitrogens with one attached hydrogen (secondary N) is 1. The highest BCUT2D eigenvalue weighted by Crippen LogP contribution is 2.29. The second kappa shape index (κ2) is 10.8. The monoisotopic (exact) mass is 493 g/mol. The third-order valence-corrected chi connectivity index (χ3v) is 8.45. The molecule has 0 aromatic carbocycles. The molecule has 3 aromatic rings. The molecule has 1 N–H and O–H groups in total. The van der Waals surface area contributed by atoms with Crippen molar-refractivity contribution in [3.8, 4) is 5.13 Å². The van der Waals surface area contributed by atoms with Crippen molar-refractivity contribution < 1.29 is 4.79 Å². The Labute approximate surface area is 211 Å². The number of hydrogen-bond acceptors (Lipinski definition) is 7. The zero-order valence-electron chi connectivity index (χ0n) is 20.7.